The number of nitrogens with zero attached hydrogens (tertiary/aromatic N) is 2. The van der Waals surface area contributed by atoms with Crippen LogP contribution in [0.4, 0.5) is 19.3 Å². The van der Waals surface area contributed by atoms with Gasteiger partial charge in [-0.15, -0.1) is 0 Å². The first-order valence-electron chi connectivity index (χ1n) is 12.2. The highest BCUT2D eigenvalue weighted by Crippen LogP contribution is 2.37. The molecule has 0 aliphatic heterocycles. The lowest BCUT2D eigenvalue weighted by atomic mass is 10.0. The Kier molecular flexibility index (Phi) is 7.97. The van der Waals surface area contributed by atoms with E-state index in [-0.39, 0.29) is 17.9 Å². The molecule has 41 heavy (non-hydrogen) atoms. The van der Waals surface area contributed by atoms with Gasteiger partial charge in [-0.3, -0.25) is 5.32 Å². The van der Waals surface area contributed by atoms with Crippen LogP contribution >= 0.6 is 11.5 Å². The number of rotatable bonds is 8. The van der Waals surface area contributed by atoms with Crippen molar-refractivity contribution in [2.45, 2.75) is 13.5 Å². The van der Waals surface area contributed by atoms with Crippen LogP contribution in [0.25, 0.3) is 21.6 Å². The number of aromatic nitrogens is 2. The van der Waals surface area contributed by atoms with Crippen LogP contribution in [0, 0.1) is 18.6 Å². The third kappa shape index (κ3) is 6.20. The van der Waals surface area contributed by atoms with E-state index in [2.05, 4.69) is 14.7 Å². The van der Waals surface area contributed by atoms with Gasteiger partial charge in [-0.2, -0.15) is 4.37 Å². The van der Waals surface area contributed by atoms with Crippen LogP contribution in [0.1, 0.15) is 21.7 Å². The summed E-state index contributed by atoms with van der Waals surface area (Å²) in [6, 6.07) is 21.0. The number of amides is 1. The molecule has 11 heteroatoms. The second-order valence-corrected chi connectivity index (χ2v) is 9.54. The molecule has 0 atom stereocenters. The Bertz CT molecular complexity index is 1700. The first kappa shape index (κ1) is 27.4. The molecule has 2 N–H and O–H groups in total. The number of ether oxygens (including phenoxy) is 2. The van der Waals surface area contributed by atoms with Crippen molar-refractivity contribution in [2.24, 2.45) is 0 Å². The summed E-state index contributed by atoms with van der Waals surface area (Å²) in [7, 11) is 0. The zero-order valence-corrected chi connectivity index (χ0v) is 22.2. The number of carbonyl (C=O) groups excluding carboxylic acids is 1. The largest absolute Gasteiger partial charge is 0.476 e. The van der Waals surface area contributed by atoms with Gasteiger partial charge in [-0.1, -0.05) is 54.6 Å². The fourth-order valence-corrected chi connectivity index (χ4v) is 4.81. The molecule has 0 aliphatic carbocycles. The third-order valence-corrected chi connectivity index (χ3v) is 6.95. The number of carboxylic acids is 1. The minimum atomic E-state index is -1.39. The van der Waals surface area contributed by atoms with Crippen LogP contribution in [-0.4, -0.2) is 26.5 Å². The van der Waals surface area contributed by atoms with Crippen molar-refractivity contribution in [1.29, 1.82) is 0 Å². The summed E-state index contributed by atoms with van der Waals surface area (Å²) in [6.45, 7) is 1.88. The number of hydrogen-bond acceptors (Lipinski definition) is 7. The van der Waals surface area contributed by atoms with Crippen molar-refractivity contribution in [1.82, 2.24) is 9.36 Å². The van der Waals surface area contributed by atoms with E-state index in [0.29, 0.717) is 21.8 Å². The Balaban J connectivity index is 1.33. The molecular weight excluding hydrogens is 552 g/mol. The number of carboxylic acid groups (broad SMARTS) is 1. The molecule has 0 bridgehead atoms. The number of aromatic carboxylic acids is 1. The summed E-state index contributed by atoms with van der Waals surface area (Å²) in [6.07, 6.45) is 0.616. The summed E-state index contributed by atoms with van der Waals surface area (Å²) in [5.74, 6) is -4.44. The van der Waals surface area contributed by atoms with Gasteiger partial charge >= 0.3 is 12.1 Å². The van der Waals surface area contributed by atoms with Gasteiger partial charge in [0.1, 0.15) is 6.61 Å². The van der Waals surface area contributed by atoms with E-state index in [4.69, 9.17) is 9.47 Å². The first-order chi connectivity index (χ1) is 19.8. The maximum atomic E-state index is 14.9. The van der Waals surface area contributed by atoms with Crippen LogP contribution < -0.4 is 10.1 Å². The average molecular weight is 574 g/mol. The molecule has 0 fully saturated rings. The van der Waals surface area contributed by atoms with Gasteiger partial charge in [-0.05, 0) is 65.0 Å². The smallest absolute Gasteiger partial charge is 0.412 e. The molecule has 0 spiro atoms. The predicted octanol–water partition coefficient (Wildman–Crippen LogP) is 7.70. The lowest BCUT2D eigenvalue weighted by molar-refractivity contribution is 0.0687. The fourth-order valence-electron chi connectivity index (χ4n) is 3.96. The molecule has 5 rings (SSSR count). The summed E-state index contributed by atoms with van der Waals surface area (Å²) < 4.78 is 44.7. The van der Waals surface area contributed by atoms with Crippen molar-refractivity contribution < 1.29 is 33.0 Å². The van der Waals surface area contributed by atoms with Gasteiger partial charge in [0.15, 0.2) is 28.8 Å². The summed E-state index contributed by atoms with van der Waals surface area (Å²) >= 11 is 1.19. The van der Waals surface area contributed by atoms with E-state index >= 15 is 0 Å². The van der Waals surface area contributed by atoms with Gasteiger partial charge in [0.05, 0.1) is 16.3 Å². The van der Waals surface area contributed by atoms with Gasteiger partial charge < -0.3 is 14.6 Å². The van der Waals surface area contributed by atoms with Crippen LogP contribution in [0.2, 0.25) is 0 Å². The molecule has 0 aliphatic rings. The summed E-state index contributed by atoms with van der Waals surface area (Å²) in [5, 5.41) is 12.0. The number of pyridine rings is 1. The Morgan fingerprint density at radius 3 is 2.29 bits per heavy atom. The summed E-state index contributed by atoms with van der Waals surface area (Å²) in [4.78, 5) is 28.2. The zero-order chi connectivity index (χ0) is 28.9. The van der Waals surface area contributed by atoms with E-state index in [1.165, 1.54) is 29.9 Å². The molecule has 0 saturated heterocycles. The lowest BCUT2D eigenvalue weighted by Gasteiger charge is -2.12. The van der Waals surface area contributed by atoms with Gasteiger partial charge in [-0.25, -0.2) is 23.4 Å². The molecule has 1 amide bonds. The minimum absolute atomic E-state index is 0.118. The molecule has 0 unspecified atom stereocenters. The van der Waals surface area contributed by atoms with Gasteiger partial charge in [0.2, 0.25) is 0 Å². The highest BCUT2D eigenvalue weighted by atomic mass is 32.1. The van der Waals surface area contributed by atoms with E-state index in [1.807, 2.05) is 30.3 Å². The first-order valence-corrected chi connectivity index (χ1v) is 13.0. The normalized spacial score (nSPS) is 10.7. The van der Waals surface area contributed by atoms with Crippen molar-refractivity contribution >= 4 is 29.3 Å². The van der Waals surface area contributed by atoms with Gasteiger partial charge in [0.25, 0.3) is 0 Å². The monoisotopic (exact) mass is 573 g/mol. The van der Waals surface area contributed by atoms with Crippen molar-refractivity contribution in [3.63, 3.8) is 0 Å². The van der Waals surface area contributed by atoms with Crippen LogP contribution in [-0.2, 0) is 11.3 Å². The molecule has 2 heterocycles. The fraction of sp³-hybridized carbons (Fsp3) is 0.0667. The van der Waals surface area contributed by atoms with Crippen LogP contribution in [0.3, 0.4) is 0 Å². The van der Waals surface area contributed by atoms with E-state index in [9.17, 15) is 23.5 Å². The van der Waals surface area contributed by atoms with Crippen molar-refractivity contribution in [3.8, 4) is 33.1 Å². The minimum Gasteiger partial charge on any atom is -0.476 e. The Morgan fingerprint density at radius 2 is 1.61 bits per heavy atom. The maximum Gasteiger partial charge on any atom is 0.412 e. The lowest BCUT2D eigenvalue weighted by Crippen LogP contribution is -2.14. The number of hydrogen-bond donors (Lipinski definition) is 2. The highest BCUT2D eigenvalue weighted by molar-refractivity contribution is 7.10. The predicted molar refractivity (Wildman–Crippen MR) is 149 cm³/mol. The molecule has 8 nitrogen and oxygen atoms in total. The van der Waals surface area contributed by atoms with Crippen LogP contribution in [0.15, 0.2) is 85.1 Å². The van der Waals surface area contributed by atoms with E-state index in [1.54, 1.807) is 31.2 Å². The Morgan fingerprint density at radius 1 is 0.927 bits per heavy atom. The number of aryl methyl sites for hydroxylation is 1. The third-order valence-electron chi connectivity index (χ3n) is 5.97. The molecule has 3 aromatic carbocycles. The number of benzene rings is 3. The number of nitrogens with one attached hydrogen (secondary N) is 1. The summed E-state index contributed by atoms with van der Waals surface area (Å²) in [5.41, 5.74) is 3.00. The van der Waals surface area contributed by atoms with E-state index < -0.39 is 35.1 Å². The highest BCUT2D eigenvalue weighted by Gasteiger charge is 2.20. The molecular formula is C30H21F2N3O5S. The number of carbonyl (C=O) groups is 2. The molecule has 2 aromatic heterocycles. The molecule has 206 valence electrons. The average Bonchev–Trinajstić information content (AvgIpc) is 3.34. The number of anilines is 1. The quantitative estimate of drug-likeness (QED) is 0.196. The van der Waals surface area contributed by atoms with Crippen molar-refractivity contribution in [2.75, 3.05) is 5.32 Å². The second kappa shape index (κ2) is 11.9. The Hall–Kier alpha value is -5.16. The standard InChI is InChI=1S/C30H21F2N3O5S/c1-17-25(34-30(38)39-16-18-6-3-2-4-7-18)28(41-35-17)20-11-9-19(10-12-20)21-14-22(31)27(23(32)15-21)40-24-8-5-13-33-26(24)29(36)37/h2-15H,16H2,1H3,(H,34,38)(H,36,37). The SMILES string of the molecule is Cc1nsc(-c2ccc(-c3cc(F)c(Oc4cccnc4C(=O)O)c(F)c3)cc2)c1NC(=O)OCc1ccccc1. The topological polar surface area (TPSA) is 111 Å². The molecule has 0 saturated carbocycles. The molecule has 0 radical (unpaired) electrons. The molecule has 5 aromatic rings. The van der Waals surface area contributed by atoms with Gasteiger partial charge in [0, 0.05) is 6.20 Å². The number of halogens is 2. The maximum absolute atomic E-state index is 14.9. The second-order valence-electron chi connectivity index (χ2n) is 8.76. The van der Waals surface area contributed by atoms with Crippen LogP contribution in [0.5, 0.6) is 11.5 Å². The Labute approximate surface area is 237 Å². The van der Waals surface area contributed by atoms with E-state index in [0.717, 1.165) is 23.3 Å². The zero-order valence-electron chi connectivity index (χ0n) is 21.4. The van der Waals surface area contributed by atoms with Crippen molar-refractivity contribution in [3.05, 3.63) is 114 Å².